The molecule has 1 aliphatic rings. The molecule has 0 amide bonds. The summed E-state index contributed by atoms with van der Waals surface area (Å²) in [6.07, 6.45) is 5.49. The van der Waals surface area contributed by atoms with Gasteiger partial charge in [-0.25, -0.2) is 9.97 Å². The van der Waals surface area contributed by atoms with Gasteiger partial charge in [0.1, 0.15) is 5.82 Å². The number of rotatable bonds is 5. The molecule has 0 spiro atoms. The van der Waals surface area contributed by atoms with Gasteiger partial charge in [0.2, 0.25) is 0 Å². The minimum absolute atomic E-state index is 0.622. The van der Waals surface area contributed by atoms with E-state index in [1.165, 1.54) is 12.8 Å². The Morgan fingerprint density at radius 1 is 1.47 bits per heavy atom. The third-order valence-electron chi connectivity index (χ3n) is 2.50. The van der Waals surface area contributed by atoms with Gasteiger partial charge in [-0.3, -0.25) is 0 Å². The third kappa shape index (κ3) is 3.59. The summed E-state index contributed by atoms with van der Waals surface area (Å²) in [5, 5.41) is 3.46. The van der Waals surface area contributed by atoms with Gasteiger partial charge in [0, 0.05) is 25.2 Å². The predicted molar refractivity (Wildman–Crippen MR) is 60.4 cm³/mol. The summed E-state index contributed by atoms with van der Waals surface area (Å²) in [4.78, 5) is 8.82. The van der Waals surface area contributed by atoms with Crippen LogP contribution in [0.15, 0.2) is 12.3 Å². The lowest BCUT2D eigenvalue weighted by atomic mass is 10.1. The molecule has 2 rings (SSSR count). The van der Waals surface area contributed by atoms with Gasteiger partial charge in [0.05, 0.1) is 5.69 Å². The van der Waals surface area contributed by atoms with Crippen molar-refractivity contribution in [2.24, 2.45) is 5.92 Å². The predicted octanol–water partition coefficient (Wildman–Crippen LogP) is 1.93. The van der Waals surface area contributed by atoms with E-state index >= 15 is 0 Å². The fourth-order valence-electron chi connectivity index (χ4n) is 1.54. The lowest BCUT2D eigenvalue weighted by Gasteiger charge is -2.06. The van der Waals surface area contributed by atoms with Gasteiger partial charge in [-0.15, -0.1) is 0 Å². The fourth-order valence-corrected chi connectivity index (χ4v) is 1.54. The molecule has 82 valence electrons. The Bertz CT molecular complexity index is 318. The minimum atomic E-state index is 0.622. The van der Waals surface area contributed by atoms with Gasteiger partial charge in [-0.2, -0.15) is 0 Å². The lowest BCUT2D eigenvalue weighted by Crippen LogP contribution is -2.17. The van der Waals surface area contributed by atoms with E-state index in [1.54, 1.807) is 0 Å². The van der Waals surface area contributed by atoms with Gasteiger partial charge in [0.25, 0.3) is 0 Å². The molecule has 1 aromatic rings. The standard InChI is InChI=1S/C12H19N3/c1-9(2)7-12-13-6-5-11(15-12)8-14-10-3-4-10/h5-6,9-10,14H,3-4,7-8H2,1-2H3. The van der Waals surface area contributed by atoms with E-state index in [0.717, 1.165) is 30.5 Å². The minimum Gasteiger partial charge on any atom is -0.308 e. The monoisotopic (exact) mass is 205 g/mol. The highest BCUT2D eigenvalue weighted by Gasteiger charge is 2.20. The zero-order chi connectivity index (χ0) is 10.7. The molecule has 1 saturated carbocycles. The first kappa shape index (κ1) is 10.6. The van der Waals surface area contributed by atoms with Crippen LogP contribution >= 0.6 is 0 Å². The Kier molecular flexibility index (Phi) is 3.31. The maximum absolute atomic E-state index is 4.54. The number of aromatic nitrogens is 2. The second-order valence-corrected chi connectivity index (χ2v) is 4.72. The fraction of sp³-hybridized carbons (Fsp3) is 0.667. The van der Waals surface area contributed by atoms with Crippen LogP contribution in [0.2, 0.25) is 0 Å². The lowest BCUT2D eigenvalue weighted by molar-refractivity contribution is 0.609. The molecule has 1 aromatic heterocycles. The molecule has 0 aliphatic heterocycles. The quantitative estimate of drug-likeness (QED) is 0.798. The Morgan fingerprint density at radius 2 is 2.27 bits per heavy atom. The summed E-state index contributed by atoms with van der Waals surface area (Å²) >= 11 is 0. The molecule has 1 aliphatic carbocycles. The number of nitrogens with one attached hydrogen (secondary N) is 1. The van der Waals surface area contributed by atoms with Gasteiger partial charge in [0.15, 0.2) is 0 Å². The molecule has 1 heterocycles. The molecule has 0 unspecified atom stereocenters. The van der Waals surface area contributed by atoms with Crippen LogP contribution in [0.5, 0.6) is 0 Å². The number of hydrogen-bond acceptors (Lipinski definition) is 3. The highest BCUT2D eigenvalue weighted by Crippen LogP contribution is 2.18. The van der Waals surface area contributed by atoms with Crippen molar-refractivity contribution >= 4 is 0 Å². The van der Waals surface area contributed by atoms with Gasteiger partial charge >= 0.3 is 0 Å². The van der Waals surface area contributed by atoms with E-state index in [-0.39, 0.29) is 0 Å². The van der Waals surface area contributed by atoms with Crippen LogP contribution in [-0.4, -0.2) is 16.0 Å². The zero-order valence-corrected chi connectivity index (χ0v) is 9.53. The van der Waals surface area contributed by atoms with Gasteiger partial charge in [-0.1, -0.05) is 13.8 Å². The van der Waals surface area contributed by atoms with E-state index in [1.807, 2.05) is 12.3 Å². The molecule has 0 aromatic carbocycles. The SMILES string of the molecule is CC(C)Cc1nccc(CNC2CC2)n1. The second kappa shape index (κ2) is 4.71. The highest BCUT2D eigenvalue weighted by molar-refractivity contribution is 5.03. The van der Waals surface area contributed by atoms with Crippen LogP contribution in [-0.2, 0) is 13.0 Å². The van der Waals surface area contributed by atoms with Gasteiger partial charge in [-0.05, 0) is 24.8 Å². The van der Waals surface area contributed by atoms with Crippen molar-refractivity contribution in [1.29, 1.82) is 0 Å². The molecular weight excluding hydrogens is 186 g/mol. The van der Waals surface area contributed by atoms with Crippen molar-refractivity contribution in [3.8, 4) is 0 Å². The van der Waals surface area contributed by atoms with Crippen molar-refractivity contribution in [1.82, 2.24) is 15.3 Å². The Labute approximate surface area is 91.3 Å². The first-order valence-electron chi connectivity index (χ1n) is 5.78. The topological polar surface area (TPSA) is 37.8 Å². The van der Waals surface area contributed by atoms with Crippen molar-refractivity contribution in [2.75, 3.05) is 0 Å². The number of nitrogens with zero attached hydrogens (tertiary/aromatic N) is 2. The summed E-state index contributed by atoms with van der Waals surface area (Å²) < 4.78 is 0. The summed E-state index contributed by atoms with van der Waals surface area (Å²) in [6, 6.07) is 2.74. The molecule has 0 saturated heterocycles. The number of hydrogen-bond donors (Lipinski definition) is 1. The van der Waals surface area contributed by atoms with E-state index in [2.05, 4.69) is 29.1 Å². The first-order valence-corrected chi connectivity index (χ1v) is 5.78. The Morgan fingerprint density at radius 3 is 2.93 bits per heavy atom. The zero-order valence-electron chi connectivity index (χ0n) is 9.53. The molecule has 0 atom stereocenters. The van der Waals surface area contributed by atoms with E-state index in [9.17, 15) is 0 Å². The molecule has 0 bridgehead atoms. The molecule has 3 nitrogen and oxygen atoms in total. The molecule has 0 radical (unpaired) electrons. The molecule has 3 heteroatoms. The van der Waals surface area contributed by atoms with E-state index in [0.29, 0.717) is 5.92 Å². The molecule has 1 N–H and O–H groups in total. The van der Waals surface area contributed by atoms with Crippen molar-refractivity contribution < 1.29 is 0 Å². The van der Waals surface area contributed by atoms with Crippen molar-refractivity contribution in [2.45, 2.75) is 45.7 Å². The molecule has 15 heavy (non-hydrogen) atoms. The summed E-state index contributed by atoms with van der Waals surface area (Å²) in [7, 11) is 0. The largest absolute Gasteiger partial charge is 0.308 e. The second-order valence-electron chi connectivity index (χ2n) is 4.72. The molecule has 1 fully saturated rings. The summed E-state index contributed by atoms with van der Waals surface area (Å²) in [6.45, 7) is 5.27. The van der Waals surface area contributed by atoms with Crippen LogP contribution < -0.4 is 5.32 Å². The van der Waals surface area contributed by atoms with Crippen LogP contribution in [0.25, 0.3) is 0 Å². The smallest absolute Gasteiger partial charge is 0.128 e. The van der Waals surface area contributed by atoms with Crippen molar-refractivity contribution in [3.63, 3.8) is 0 Å². The van der Waals surface area contributed by atoms with Crippen LogP contribution in [0.3, 0.4) is 0 Å². The van der Waals surface area contributed by atoms with Crippen LogP contribution in [0, 0.1) is 5.92 Å². The first-order chi connectivity index (χ1) is 7.24. The van der Waals surface area contributed by atoms with Crippen molar-refractivity contribution in [3.05, 3.63) is 23.8 Å². The average Bonchev–Trinajstić information content (AvgIpc) is 2.97. The Balaban J connectivity index is 1.91. The van der Waals surface area contributed by atoms with E-state index in [4.69, 9.17) is 0 Å². The van der Waals surface area contributed by atoms with Crippen LogP contribution in [0.4, 0.5) is 0 Å². The Hall–Kier alpha value is -0.960. The maximum Gasteiger partial charge on any atom is 0.128 e. The maximum atomic E-state index is 4.54. The van der Waals surface area contributed by atoms with E-state index < -0.39 is 0 Å². The molecular formula is C12H19N3. The summed E-state index contributed by atoms with van der Waals surface area (Å²) in [5.74, 6) is 1.59. The van der Waals surface area contributed by atoms with Crippen LogP contribution in [0.1, 0.15) is 38.2 Å². The summed E-state index contributed by atoms with van der Waals surface area (Å²) in [5.41, 5.74) is 1.12. The highest BCUT2D eigenvalue weighted by atomic mass is 15.0. The third-order valence-corrected chi connectivity index (χ3v) is 2.50. The van der Waals surface area contributed by atoms with Gasteiger partial charge < -0.3 is 5.32 Å². The average molecular weight is 205 g/mol. The normalized spacial score (nSPS) is 15.9.